The quantitative estimate of drug-likeness (QED) is 0.154. The lowest BCUT2D eigenvalue weighted by Crippen LogP contribution is -2.54. The summed E-state index contributed by atoms with van der Waals surface area (Å²) in [7, 11) is 2.43. The van der Waals surface area contributed by atoms with E-state index in [9.17, 15) is 19.2 Å². The molecule has 2 fully saturated rings. The van der Waals surface area contributed by atoms with Gasteiger partial charge in [0.05, 0.1) is 38.0 Å². The third-order valence-electron chi connectivity index (χ3n) is 9.44. The first-order valence-corrected chi connectivity index (χ1v) is 18.8. The van der Waals surface area contributed by atoms with Gasteiger partial charge < -0.3 is 38.4 Å². The number of amides is 4. The summed E-state index contributed by atoms with van der Waals surface area (Å²) in [6.45, 7) is 13.8. The first kappa shape index (κ1) is 41.8. The number of carbonyl (C=O) groups excluding carboxylic acids is 4. The molecule has 6 rings (SSSR count). The van der Waals surface area contributed by atoms with E-state index in [2.05, 4.69) is 30.8 Å². The maximum absolute atomic E-state index is 13.6. The van der Waals surface area contributed by atoms with Crippen LogP contribution >= 0.6 is 0 Å². The highest BCUT2D eigenvalue weighted by Gasteiger charge is 2.51. The Kier molecular flexibility index (Phi) is 11.9. The van der Waals surface area contributed by atoms with Crippen molar-refractivity contribution < 1.29 is 47.6 Å². The first-order chi connectivity index (χ1) is 27.4. The van der Waals surface area contributed by atoms with Gasteiger partial charge in [-0.2, -0.15) is 0 Å². The molecule has 4 amide bonds. The Morgan fingerprint density at radius 1 is 0.603 bits per heavy atom. The molecule has 4 heterocycles. The maximum Gasteiger partial charge on any atom is 0.425 e. The fourth-order valence-electron chi connectivity index (χ4n) is 6.66. The minimum Gasteiger partial charge on any atom is -0.452 e. The van der Waals surface area contributed by atoms with Crippen molar-refractivity contribution in [2.24, 2.45) is 0 Å². The van der Waals surface area contributed by atoms with Crippen molar-refractivity contribution in [2.45, 2.75) is 103 Å². The molecule has 2 aliphatic heterocycles. The van der Waals surface area contributed by atoms with Crippen molar-refractivity contribution in [1.29, 1.82) is 0 Å². The zero-order valence-corrected chi connectivity index (χ0v) is 34.1. The van der Waals surface area contributed by atoms with Gasteiger partial charge in [0.2, 0.25) is 0 Å². The number of methoxy groups -OCH3 is 2. The predicted octanol–water partition coefficient (Wildman–Crippen LogP) is 5.54. The van der Waals surface area contributed by atoms with Gasteiger partial charge in [-0.05, 0) is 77.6 Å². The normalized spacial score (nSPS) is 20.8. The number of nitrogens with one attached hydrogen (secondary N) is 4. The molecule has 4 N–H and O–H groups in total. The number of imidazole rings is 2. The van der Waals surface area contributed by atoms with E-state index >= 15 is 0 Å². The summed E-state index contributed by atoms with van der Waals surface area (Å²) in [6, 6.07) is 15.0. The smallest absolute Gasteiger partial charge is 0.425 e. The molecule has 4 atom stereocenters. The molecule has 58 heavy (non-hydrogen) atoms. The lowest BCUT2D eigenvalue weighted by atomic mass is 10.0. The van der Waals surface area contributed by atoms with E-state index < -0.39 is 72.1 Å². The average molecular weight is 803 g/mol. The number of hydrogen-bond acceptors (Lipinski definition) is 12. The van der Waals surface area contributed by atoms with Crippen LogP contribution in [0.5, 0.6) is 0 Å². The van der Waals surface area contributed by atoms with Crippen molar-refractivity contribution in [3.63, 3.8) is 0 Å². The van der Waals surface area contributed by atoms with Gasteiger partial charge in [0.15, 0.2) is 36.0 Å². The van der Waals surface area contributed by atoms with Gasteiger partial charge in [-0.1, -0.05) is 48.5 Å². The highest BCUT2D eigenvalue weighted by atomic mass is 16.8. The number of hydrogen-bond donors (Lipinski definition) is 4. The second-order valence-corrected chi connectivity index (χ2v) is 15.3. The van der Waals surface area contributed by atoms with Gasteiger partial charge in [0, 0.05) is 12.1 Å². The number of carbonyl (C=O) groups is 4. The Labute approximate surface area is 335 Å². The molecule has 4 aromatic rings. The summed E-state index contributed by atoms with van der Waals surface area (Å²) in [5.74, 6) is -2.41. The Morgan fingerprint density at radius 3 is 1.24 bits per heavy atom. The number of rotatable bonds is 9. The van der Waals surface area contributed by atoms with Gasteiger partial charge in [-0.25, -0.2) is 40.4 Å². The Hall–Kier alpha value is -5.82. The largest absolute Gasteiger partial charge is 0.452 e. The van der Waals surface area contributed by atoms with E-state index in [4.69, 9.17) is 28.4 Å². The minimum absolute atomic E-state index is 0.395. The van der Waals surface area contributed by atoms with Crippen LogP contribution in [0.4, 0.5) is 9.59 Å². The number of aromatic nitrogens is 4. The highest BCUT2D eigenvalue weighted by Crippen LogP contribution is 2.40. The van der Waals surface area contributed by atoms with Crippen molar-refractivity contribution in [1.82, 2.24) is 40.8 Å². The van der Waals surface area contributed by atoms with E-state index in [1.54, 1.807) is 67.8 Å². The molecular weight excluding hydrogens is 752 g/mol. The summed E-state index contributed by atoms with van der Waals surface area (Å²) in [4.78, 5) is 66.8. The molecular formula is C40H50N8O10. The second-order valence-electron chi connectivity index (χ2n) is 15.3. The second kappa shape index (κ2) is 16.6. The fraction of sp³-hybridized carbons (Fsp3) is 0.450. The van der Waals surface area contributed by atoms with E-state index in [0.717, 1.165) is 32.3 Å². The Balaban J connectivity index is 1.15. The number of aromatic amines is 2. The molecule has 0 bridgehead atoms. The fourth-order valence-corrected chi connectivity index (χ4v) is 6.66. The molecule has 18 nitrogen and oxygen atoms in total. The van der Waals surface area contributed by atoms with Gasteiger partial charge in [-0.3, -0.25) is 9.59 Å². The number of nitrogens with zero attached hydrogens (tertiary/aromatic N) is 4. The van der Waals surface area contributed by atoms with Crippen LogP contribution in [-0.2, 0) is 38.0 Å². The SMILES string of the molecule is COC(=O)NN(C(=O)C1OC(C)(C)OC1c1ncc(-c2ccc(-c3ccc(-c4cnc(C5OC(C)(C)OC5C(=O)N(NC(=O)OC)C(C)C)[nH]4)cc3)cc2)[nH]1)C(C)C. The topological polar surface area (TPSA) is 212 Å². The van der Waals surface area contributed by atoms with Crippen LogP contribution in [0.2, 0.25) is 0 Å². The molecule has 0 radical (unpaired) electrons. The van der Waals surface area contributed by atoms with Crippen LogP contribution in [0.15, 0.2) is 60.9 Å². The van der Waals surface area contributed by atoms with Gasteiger partial charge in [0.25, 0.3) is 11.8 Å². The lowest BCUT2D eigenvalue weighted by molar-refractivity contribution is -0.164. The molecule has 0 aliphatic carbocycles. The Bertz CT molecular complexity index is 1960. The van der Waals surface area contributed by atoms with E-state index in [1.807, 2.05) is 48.5 Å². The monoisotopic (exact) mass is 802 g/mol. The van der Waals surface area contributed by atoms with Gasteiger partial charge in [0.1, 0.15) is 11.6 Å². The summed E-state index contributed by atoms with van der Waals surface area (Å²) in [5.41, 5.74) is 9.99. The van der Waals surface area contributed by atoms with Crippen LogP contribution in [0.3, 0.4) is 0 Å². The molecule has 0 spiro atoms. The number of H-pyrrole nitrogens is 2. The molecule has 4 unspecified atom stereocenters. The third-order valence-corrected chi connectivity index (χ3v) is 9.44. The van der Waals surface area contributed by atoms with Crippen LogP contribution in [0, 0.1) is 0 Å². The summed E-state index contributed by atoms with van der Waals surface area (Å²) in [6.07, 6.45) is -2.16. The summed E-state index contributed by atoms with van der Waals surface area (Å²) < 4.78 is 33.6. The summed E-state index contributed by atoms with van der Waals surface area (Å²) >= 11 is 0. The van der Waals surface area contributed by atoms with Crippen LogP contribution in [-0.4, -0.2) is 104 Å². The first-order valence-electron chi connectivity index (χ1n) is 18.8. The molecule has 310 valence electrons. The van der Waals surface area contributed by atoms with Crippen molar-refractivity contribution in [3.8, 4) is 33.6 Å². The van der Waals surface area contributed by atoms with Crippen molar-refractivity contribution in [2.75, 3.05) is 14.2 Å². The number of benzene rings is 2. The maximum atomic E-state index is 13.6. The predicted molar refractivity (Wildman–Crippen MR) is 208 cm³/mol. The zero-order chi connectivity index (χ0) is 42.1. The molecule has 2 aliphatic rings. The van der Waals surface area contributed by atoms with Crippen LogP contribution < -0.4 is 10.9 Å². The van der Waals surface area contributed by atoms with E-state index in [0.29, 0.717) is 23.0 Å². The van der Waals surface area contributed by atoms with Crippen molar-refractivity contribution >= 4 is 24.0 Å². The van der Waals surface area contributed by atoms with Crippen molar-refractivity contribution in [3.05, 3.63) is 72.6 Å². The standard InChI is InChI=1S/C40H50N8O10/c1-21(2)47(45-37(51)53-9)35(49)31-29(55-39(5,6)57-31)33-41-19-27(43-33)25-15-11-23(12-16-25)24-13-17-26(18-14-24)28-20-42-34(44-28)30-32(58-40(7,8)56-30)36(50)48(22(3)4)46-38(52)54-10/h11-22,29-32H,1-10H3,(H,41,43)(H,42,44)(H,45,51)(H,46,52). The minimum atomic E-state index is -1.09. The van der Waals surface area contributed by atoms with E-state index in [1.165, 1.54) is 14.2 Å². The summed E-state index contributed by atoms with van der Waals surface area (Å²) in [5, 5.41) is 2.32. The Morgan fingerprint density at radius 2 is 0.931 bits per heavy atom. The van der Waals surface area contributed by atoms with Gasteiger partial charge in [-0.15, -0.1) is 0 Å². The number of ether oxygens (including phenoxy) is 6. The lowest BCUT2D eigenvalue weighted by Gasteiger charge is -2.29. The molecule has 18 heteroatoms. The molecule has 2 saturated heterocycles. The zero-order valence-electron chi connectivity index (χ0n) is 34.1. The van der Waals surface area contributed by atoms with Crippen LogP contribution in [0.1, 0.15) is 79.2 Å². The highest BCUT2D eigenvalue weighted by molar-refractivity contribution is 5.85. The van der Waals surface area contributed by atoms with Crippen LogP contribution in [0.25, 0.3) is 33.6 Å². The molecule has 2 aromatic carbocycles. The average Bonchev–Trinajstić information content (AvgIpc) is 4.00. The molecule has 2 aromatic heterocycles. The third kappa shape index (κ3) is 8.99. The van der Waals surface area contributed by atoms with Gasteiger partial charge >= 0.3 is 12.2 Å². The molecule has 0 saturated carbocycles. The van der Waals surface area contributed by atoms with E-state index in [-0.39, 0.29) is 0 Å². The number of hydrazine groups is 2.